The molecule has 0 aliphatic heterocycles. The average Bonchev–Trinajstić information content (AvgIpc) is 2.50. The summed E-state index contributed by atoms with van der Waals surface area (Å²) in [6.07, 6.45) is 0. The van der Waals surface area contributed by atoms with E-state index in [1.54, 1.807) is 13.2 Å². The predicted octanol–water partition coefficient (Wildman–Crippen LogP) is 5.34. The minimum atomic E-state index is -0.141. The van der Waals surface area contributed by atoms with Crippen LogP contribution in [0.5, 0.6) is 5.75 Å². The molecule has 0 unspecified atom stereocenters. The number of hydrogen-bond acceptors (Lipinski definition) is 2. The fraction of sp³-hybridized carbons (Fsp3) is 0.316. The van der Waals surface area contributed by atoms with Crippen molar-refractivity contribution in [3.8, 4) is 5.75 Å². The molecule has 0 saturated carbocycles. The van der Waals surface area contributed by atoms with Gasteiger partial charge in [0, 0.05) is 16.3 Å². The van der Waals surface area contributed by atoms with Crippen molar-refractivity contribution >= 4 is 23.2 Å². The Kier molecular flexibility index (Phi) is 5.32. The van der Waals surface area contributed by atoms with E-state index in [-0.39, 0.29) is 11.8 Å². The Morgan fingerprint density at radius 3 is 2.43 bits per heavy atom. The summed E-state index contributed by atoms with van der Waals surface area (Å²) in [6, 6.07) is 9.28. The first kappa shape index (κ1) is 17.4. The summed E-state index contributed by atoms with van der Waals surface area (Å²) < 4.78 is 5.43. The molecule has 0 aliphatic rings. The Hall–Kier alpha value is -2.00. The molecule has 23 heavy (non-hydrogen) atoms. The smallest absolute Gasteiger partial charge is 0.255 e. The lowest BCUT2D eigenvalue weighted by molar-refractivity contribution is 0.102. The first-order chi connectivity index (χ1) is 10.8. The molecule has 0 saturated heterocycles. The van der Waals surface area contributed by atoms with Gasteiger partial charge in [-0.1, -0.05) is 31.5 Å². The van der Waals surface area contributed by atoms with E-state index < -0.39 is 0 Å². The summed E-state index contributed by atoms with van der Waals surface area (Å²) in [5.41, 5.74) is 4.24. The Morgan fingerprint density at radius 1 is 1.13 bits per heavy atom. The summed E-state index contributed by atoms with van der Waals surface area (Å²) in [7, 11) is 1.65. The highest BCUT2D eigenvalue weighted by Gasteiger charge is 2.16. The van der Waals surface area contributed by atoms with Crippen LogP contribution >= 0.6 is 11.6 Å². The Bertz CT molecular complexity index is 738. The predicted molar refractivity (Wildman–Crippen MR) is 96.0 cm³/mol. The van der Waals surface area contributed by atoms with Crippen LogP contribution < -0.4 is 10.1 Å². The molecule has 0 aromatic heterocycles. The number of nitrogens with one attached hydrogen (secondary N) is 1. The van der Waals surface area contributed by atoms with Crippen molar-refractivity contribution in [1.29, 1.82) is 0 Å². The molecular weight excluding hydrogens is 310 g/mol. The molecule has 0 fully saturated rings. The van der Waals surface area contributed by atoms with Crippen LogP contribution in [0.4, 0.5) is 5.69 Å². The molecule has 2 aromatic rings. The maximum atomic E-state index is 12.7. The summed E-state index contributed by atoms with van der Waals surface area (Å²) in [4.78, 5) is 12.7. The van der Waals surface area contributed by atoms with Gasteiger partial charge in [0.2, 0.25) is 0 Å². The van der Waals surface area contributed by atoms with Crippen molar-refractivity contribution in [3.63, 3.8) is 0 Å². The molecule has 0 atom stereocenters. The number of aryl methyl sites for hydroxylation is 2. The zero-order chi connectivity index (χ0) is 17.1. The quantitative estimate of drug-likeness (QED) is 0.821. The van der Waals surface area contributed by atoms with Gasteiger partial charge in [-0.2, -0.15) is 0 Å². The van der Waals surface area contributed by atoms with Crippen molar-refractivity contribution in [1.82, 2.24) is 0 Å². The molecule has 122 valence electrons. The first-order valence-corrected chi connectivity index (χ1v) is 7.97. The standard InChI is InChI=1S/C19H22ClNO2/c1-11(2)15-10-16(13(4)8-18(15)23-5)19(22)21-17-9-14(20)7-6-12(17)3/h6-11H,1-5H3,(H,21,22). The van der Waals surface area contributed by atoms with Gasteiger partial charge in [-0.15, -0.1) is 0 Å². The third-order valence-electron chi connectivity index (χ3n) is 3.89. The summed E-state index contributed by atoms with van der Waals surface area (Å²) in [5.74, 6) is 0.940. The number of anilines is 1. The maximum Gasteiger partial charge on any atom is 0.255 e. The van der Waals surface area contributed by atoms with Gasteiger partial charge in [0.15, 0.2) is 0 Å². The lowest BCUT2D eigenvalue weighted by Crippen LogP contribution is -2.15. The number of methoxy groups -OCH3 is 1. The van der Waals surface area contributed by atoms with E-state index in [0.29, 0.717) is 10.6 Å². The van der Waals surface area contributed by atoms with Gasteiger partial charge in [0.1, 0.15) is 5.75 Å². The molecule has 0 aliphatic carbocycles. The molecular formula is C19H22ClNO2. The molecule has 4 heteroatoms. The second kappa shape index (κ2) is 7.05. The van der Waals surface area contributed by atoms with Crippen LogP contribution in [0.2, 0.25) is 5.02 Å². The van der Waals surface area contributed by atoms with Crippen LogP contribution in [-0.2, 0) is 0 Å². The number of hydrogen-bond donors (Lipinski definition) is 1. The van der Waals surface area contributed by atoms with Gasteiger partial charge in [-0.3, -0.25) is 4.79 Å². The third-order valence-corrected chi connectivity index (χ3v) is 4.13. The second-order valence-corrected chi connectivity index (χ2v) is 6.41. The van der Waals surface area contributed by atoms with Crippen LogP contribution in [0.25, 0.3) is 0 Å². The number of carbonyl (C=O) groups excluding carboxylic acids is 1. The van der Waals surface area contributed by atoms with E-state index in [2.05, 4.69) is 19.2 Å². The SMILES string of the molecule is COc1cc(C)c(C(=O)Nc2cc(Cl)ccc2C)cc1C(C)C. The Labute approximate surface area is 142 Å². The van der Waals surface area contributed by atoms with E-state index in [1.807, 2.05) is 38.1 Å². The van der Waals surface area contributed by atoms with Crippen molar-refractivity contribution < 1.29 is 9.53 Å². The van der Waals surface area contributed by atoms with Gasteiger partial charge < -0.3 is 10.1 Å². The van der Waals surface area contributed by atoms with E-state index in [4.69, 9.17) is 16.3 Å². The number of ether oxygens (including phenoxy) is 1. The van der Waals surface area contributed by atoms with Gasteiger partial charge in [-0.05, 0) is 60.7 Å². The zero-order valence-electron chi connectivity index (χ0n) is 14.2. The second-order valence-electron chi connectivity index (χ2n) is 5.98. The highest BCUT2D eigenvalue weighted by molar-refractivity contribution is 6.31. The van der Waals surface area contributed by atoms with Crippen molar-refractivity contribution in [2.75, 3.05) is 12.4 Å². The van der Waals surface area contributed by atoms with Gasteiger partial charge in [-0.25, -0.2) is 0 Å². The number of rotatable bonds is 4. The molecule has 3 nitrogen and oxygen atoms in total. The fourth-order valence-electron chi connectivity index (χ4n) is 2.49. The minimum absolute atomic E-state index is 0.141. The molecule has 0 heterocycles. The van der Waals surface area contributed by atoms with Crippen molar-refractivity contribution in [2.45, 2.75) is 33.6 Å². The fourth-order valence-corrected chi connectivity index (χ4v) is 2.66. The van der Waals surface area contributed by atoms with Gasteiger partial charge in [0.25, 0.3) is 5.91 Å². The normalized spacial score (nSPS) is 10.7. The van der Waals surface area contributed by atoms with Gasteiger partial charge in [0.05, 0.1) is 7.11 Å². The molecule has 2 aromatic carbocycles. The first-order valence-electron chi connectivity index (χ1n) is 7.59. The molecule has 0 spiro atoms. The number of halogens is 1. The van der Waals surface area contributed by atoms with E-state index in [1.165, 1.54) is 0 Å². The summed E-state index contributed by atoms with van der Waals surface area (Å²) >= 11 is 6.02. The van der Waals surface area contributed by atoms with Crippen molar-refractivity contribution in [2.24, 2.45) is 0 Å². The third kappa shape index (κ3) is 3.85. The molecule has 0 bridgehead atoms. The average molecular weight is 332 g/mol. The van der Waals surface area contributed by atoms with Crippen LogP contribution in [0.1, 0.15) is 46.8 Å². The van der Waals surface area contributed by atoms with Crippen LogP contribution in [0, 0.1) is 13.8 Å². The number of benzene rings is 2. The van der Waals surface area contributed by atoms with E-state index >= 15 is 0 Å². The molecule has 0 radical (unpaired) electrons. The zero-order valence-corrected chi connectivity index (χ0v) is 14.9. The molecule has 1 N–H and O–H groups in total. The topological polar surface area (TPSA) is 38.3 Å². The van der Waals surface area contributed by atoms with Crippen LogP contribution in [-0.4, -0.2) is 13.0 Å². The van der Waals surface area contributed by atoms with E-state index in [9.17, 15) is 4.79 Å². The summed E-state index contributed by atoms with van der Waals surface area (Å²) in [6.45, 7) is 8.00. The van der Waals surface area contributed by atoms with Gasteiger partial charge >= 0.3 is 0 Å². The highest BCUT2D eigenvalue weighted by atomic mass is 35.5. The molecule has 2 rings (SSSR count). The van der Waals surface area contributed by atoms with Crippen LogP contribution in [0.15, 0.2) is 30.3 Å². The molecule has 1 amide bonds. The number of amides is 1. The summed E-state index contributed by atoms with van der Waals surface area (Å²) in [5, 5.41) is 3.55. The lowest BCUT2D eigenvalue weighted by Gasteiger charge is -2.16. The van der Waals surface area contributed by atoms with Crippen LogP contribution in [0.3, 0.4) is 0 Å². The highest BCUT2D eigenvalue weighted by Crippen LogP contribution is 2.30. The van der Waals surface area contributed by atoms with Crippen molar-refractivity contribution in [3.05, 3.63) is 57.6 Å². The largest absolute Gasteiger partial charge is 0.496 e. The minimum Gasteiger partial charge on any atom is -0.496 e. The number of carbonyl (C=O) groups is 1. The lowest BCUT2D eigenvalue weighted by atomic mass is 9.96. The van der Waals surface area contributed by atoms with E-state index in [0.717, 1.165) is 28.1 Å². The Balaban J connectivity index is 2.39. The maximum absolute atomic E-state index is 12.7. The monoisotopic (exact) mass is 331 g/mol. The Morgan fingerprint density at radius 2 is 1.83 bits per heavy atom.